The predicted octanol–water partition coefficient (Wildman–Crippen LogP) is 3.06. The number of benzene rings is 2. The summed E-state index contributed by atoms with van der Waals surface area (Å²) in [6.07, 6.45) is 1.67. The summed E-state index contributed by atoms with van der Waals surface area (Å²) >= 11 is 0. The standard InChI is InChI=1S/C22H25N5O2/c28-22(25-17-10-14-29-15-11-17)20-8-9-21(27-26-20)24-13-12-23-19-7-3-5-16-4-1-2-6-18(16)19/h1-9,17,23H,10-15H2,(H,24,27)(H,25,28). The fraction of sp³-hybridized carbons (Fsp3) is 0.318. The largest absolute Gasteiger partial charge is 0.383 e. The Hall–Kier alpha value is -3.19. The van der Waals surface area contributed by atoms with Crippen molar-refractivity contribution in [1.82, 2.24) is 15.5 Å². The van der Waals surface area contributed by atoms with Crippen LogP contribution in [0.4, 0.5) is 11.5 Å². The van der Waals surface area contributed by atoms with Gasteiger partial charge in [0.1, 0.15) is 5.82 Å². The quantitative estimate of drug-likeness (QED) is 0.537. The molecular weight excluding hydrogens is 366 g/mol. The lowest BCUT2D eigenvalue weighted by Crippen LogP contribution is -2.39. The van der Waals surface area contributed by atoms with Gasteiger partial charge in [0, 0.05) is 43.4 Å². The number of ether oxygens (including phenoxy) is 1. The van der Waals surface area contributed by atoms with E-state index < -0.39 is 0 Å². The number of carbonyl (C=O) groups excluding carboxylic acids is 1. The summed E-state index contributed by atoms with van der Waals surface area (Å²) in [4.78, 5) is 12.3. The Kier molecular flexibility index (Phi) is 6.16. The number of fused-ring (bicyclic) bond motifs is 1. The molecule has 7 nitrogen and oxygen atoms in total. The molecule has 150 valence electrons. The van der Waals surface area contributed by atoms with Gasteiger partial charge in [0.25, 0.3) is 5.91 Å². The third kappa shape index (κ3) is 5.00. The Morgan fingerprint density at radius 1 is 0.931 bits per heavy atom. The van der Waals surface area contributed by atoms with Gasteiger partial charge < -0.3 is 20.7 Å². The van der Waals surface area contributed by atoms with Crippen LogP contribution in [0.25, 0.3) is 10.8 Å². The summed E-state index contributed by atoms with van der Waals surface area (Å²) in [5.41, 5.74) is 1.44. The van der Waals surface area contributed by atoms with E-state index in [-0.39, 0.29) is 11.9 Å². The molecule has 1 saturated heterocycles. The third-order valence-corrected chi connectivity index (χ3v) is 4.99. The van der Waals surface area contributed by atoms with Crippen molar-refractivity contribution in [3.05, 3.63) is 60.3 Å². The molecule has 1 aliphatic rings. The Balaban J connectivity index is 1.25. The van der Waals surface area contributed by atoms with Crippen LogP contribution in [0.15, 0.2) is 54.6 Å². The number of anilines is 2. The van der Waals surface area contributed by atoms with Gasteiger partial charge in [-0.1, -0.05) is 36.4 Å². The number of hydrogen-bond acceptors (Lipinski definition) is 6. The van der Waals surface area contributed by atoms with Crippen molar-refractivity contribution in [3.8, 4) is 0 Å². The van der Waals surface area contributed by atoms with Gasteiger partial charge in [-0.25, -0.2) is 0 Å². The zero-order valence-corrected chi connectivity index (χ0v) is 16.2. The smallest absolute Gasteiger partial charge is 0.272 e. The van der Waals surface area contributed by atoms with E-state index in [2.05, 4.69) is 50.4 Å². The van der Waals surface area contributed by atoms with Crippen molar-refractivity contribution < 1.29 is 9.53 Å². The van der Waals surface area contributed by atoms with E-state index >= 15 is 0 Å². The number of hydrogen-bond donors (Lipinski definition) is 3. The molecule has 0 saturated carbocycles. The van der Waals surface area contributed by atoms with Crippen LogP contribution in [-0.4, -0.2) is 48.4 Å². The van der Waals surface area contributed by atoms with Gasteiger partial charge in [0.05, 0.1) is 0 Å². The zero-order valence-electron chi connectivity index (χ0n) is 16.2. The minimum absolute atomic E-state index is 0.149. The van der Waals surface area contributed by atoms with E-state index in [1.165, 1.54) is 10.8 Å². The molecule has 3 N–H and O–H groups in total. The lowest BCUT2D eigenvalue weighted by Gasteiger charge is -2.22. The average Bonchev–Trinajstić information content (AvgIpc) is 2.78. The Labute approximate surface area is 169 Å². The molecule has 1 aliphatic heterocycles. The summed E-state index contributed by atoms with van der Waals surface area (Å²) in [7, 11) is 0. The highest BCUT2D eigenvalue weighted by atomic mass is 16.5. The molecule has 1 amide bonds. The van der Waals surface area contributed by atoms with Gasteiger partial charge in [0.2, 0.25) is 0 Å². The molecule has 2 heterocycles. The molecule has 0 aliphatic carbocycles. The van der Waals surface area contributed by atoms with Crippen LogP contribution in [0.3, 0.4) is 0 Å². The summed E-state index contributed by atoms with van der Waals surface area (Å²) in [6, 6.07) is 18.2. The summed E-state index contributed by atoms with van der Waals surface area (Å²) in [6.45, 7) is 2.80. The van der Waals surface area contributed by atoms with Crippen LogP contribution < -0.4 is 16.0 Å². The fourth-order valence-corrected chi connectivity index (χ4v) is 3.42. The normalized spacial score (nSPS) is 14.5. The summed E-state index contributed by atoms with van der Waals surface area (Å²) in [5.74, 6) is 0.459. The third-order valence-electron chi connectivity index (χ3n) is 4.99. The van der Waals surface area contributed by atoms with E-state index in [1.54, 1.807) is 12.1 Å². The SMILES string of the molecule is O=C(NC1CCOCC1)c1ccc(NCCNc2cccc3ccccc23)nn1. The number of rotatable bonds is 7. The molecular formula is C22H25N5O2. The second-order valence-electron chi connectivity index (χ2n) is 7.04. The maximum atomic E-state index is 12.3. The second kappa shape index (κ2) is 9.34. The second-order valence-corrected chi connectivity index (χ2v) is 7.04. The van der Waals surface area contributed by atoms with E-state index in [0.29, 0.717) is 31.3 Å². The molecule has 0 unspecified atom stereocenters. The van der Waals surface area contributed by atoms with Crippen molar-refractivity contribution >= 4 is 28.2 Å². The number of aromatic nitrogens is 2. The molecule has 29 heavy (non-hydrogen) atoms. The van der Waals surface area contributed by atoms with Crippen LogP contribution >= 0.6 is 0 Å². The van der Waals surface area contributed by atoms with E-state index in [1.807, 2.05) is 18.2 Å². The highest BCUT2D eigenvalue weighted by molar-refractivity contribution is 5.94. The minimum atomic E-state index is -0.187. The van der Waals surface area contributed by atoms with Crippen LogP contribution in [0, 0.1) is 0 Å². The average molecular weight is 391 g/mol. The zero-order chi connectivity index (χ0) is 19.9. The predicted molar refractivity (Wildman–Crippen MR) is 114 cm³/mol. The molecule has 1 aromatic heterocycles. The Morgan fingerprint density at radius 2 is 1.72 bits per heavy atom. The van der Waals surface area contributed by atoms with Gasteiger partial charge in [0.15, 0.2) is 5.69 Å². The monoisotopic (exact) mass is 391 g/mol. The molecule has 1 fully saturated rings. The topological polar surface area (TPSA) is 88.2 Å². The van der Waals surface area contributed by atoms with Crippen LogP contribution in [-0.2, 0) is 4.74 Å². The number of nitrogens with one attached hydrogen (secondary N) is 3. The van der Waals surface area contributed by atoms with Gasteiger partial charge in [-0.15, -0.1) is 10.2 Å². The lowest BCUT2D eigenvalue weighted by atomic mass is 10.1. The van der Waals surface area contributed by atoms with Crippen molar-refractivity contribution in [3.63, 3.8) is 0 Å². The highest BCUT2D eigenvalue weighted by Gasteiger charge is 2.17. The van der Waals surface area contributed by atoms with Crippen molar-refractivity contribution in [2.75, 3.05) is 36.9 Å². The molecule has 3 aromatic rings. The lowest BCUT2D eigenvalue weighted by molar-refractivity contribution is 0.0693. The van der Waals surface area contributed by atoms with Gasteiger partial charge in [-0.3, -0.25) is 4.79 Å². The molecule has 0 bridgehead atoms. The van der Waals surface area contributed by atoms with E-state index in [4.69, 9.17) is 4.74 Å². The molecule has 4 rings (SSSR count). The Morgan fingerprint density at radius 3 is 2.55 bits per heavy atom. The van der Waals surface area contributed by atoms with Crippen molar-refractivity contribution in [2.24, 2.45) is 0 Å². The number of amides is 1. The molecule has 0 radical (unpaired) electrons. The summed E-state index contributed by atoms with van der Waals surface area (Å²) < 4.78 is 5.31. The number of carbonyl (C=O) groups is 1. The van der Waals surface area contributed by atoms with Crippen molar-refractivity contribution in [2.45, 2.75) is 18.9 Å². The molecule has 0 atom stereocenters. The fourth-order valence-electron chi connectivity index (χ4n) is 3.42. The maximum absolute atomic E-state index is 12.3. The highest BCUT2D eigenvalue weighted by Crippen LogP contribution is 2.22. The first-order chi connectivity index (χ1) is 14.3. The molecule has 2 aromatic carbocycles. The van der Waals surface area contributed by atoms with Crippen LogP contribution in [0.1, 0.15) is 23.3 Å². The first kappa shape index (κ1) is 19.1. The van der Waals surface area contributed by atoms with E-state index in [9.17, 15) is 4.79 Å². The van der Waals surface area contributed by atoms with Gasteiger partial charge >= 0.3 is 0 Å². The number of nitrogens with zero attached hydrogens (tertiary/aromatic N) is 2. The maximum Gasteiger partial charge on any atom is 0.272 e. The van der Waals surface area contributed by atoms with Crippen LogP contribution in [0.5, 0.6) is 0 Å². The minimum Gasteiger partial charge on any atom is -0.383 e. The van der Waals surface area contributed by atoms with Gasteiger partial charge in [-0.2, -0.15) is 0 Å². The van der Waals surface area contributed by atoms with Gasteiger partial charge in [-0.05, 0) is 36.4 Å². The van der Waals surface area contributed by atoms with E-state index in [0.717, 1.165) is 25.1 Å². The van der Waals surface area contributed by atoms with Crippen LogP contribution in [0.2, 0.25) is 0 Å². The molecule has 7 heteroatoms. The molecule has 0 spiro atoms. The Bertz CT molecular complexity index is 950. The first-order valence-corrected chi connectivity index (χ1v) is 9.97. The van der Waals surface area contributed by atoms with Crippen molar-refractivity contribution in [1.29, 1.82) is 0 Å². The first-order valence-electron chi connectivity index (χ1n) is 9.97. The summed E-state index contributed by atoms with van der Waals surface area (Å²) in [5, 5.41) is 20.2.